The summed E-state index contributed by atoms with van der Waals surface area (Å²) in [6.45, 7) is 0.911. The van der Waals surface area contributed by atoms with E-state index in [0.717, 1.165) is 50.2 Å². The number of hydrogen-bond acceptors (Lipinski definition) is 6. The van der Waals surface area contributed by atoms with E-state index >= 15 is 0 Å². The number of hydrogen-bond donors (Lipinski definition) is 5. The molecule has 1 aliphatic carbocycles. The lowest BCUT2D eigenvalue weighted by atomic mass is 9.50. The summed E-state index contributed by atoms with van der Waals surface area (Å²) in [5.41, 5.74) is 1.80. The third-order valence-corrected chi connectivity index (χ3v) is 7.02. The SMILES string of the molecule is O=C(CC1CCC(NCCNc2ccccn2)CC1)N[C@H]1Cc2cccc(C(=O)O)c2CB1O. The van der Waals surface area contributed by atoms with Crippen LogP contribution < -0.4 is 16.0 Å². The molecule has 1 fully saturated rings. The molecule has 1 aromatic heterocycles. The molecule has 1 aliphatic heterocycles. The Hall–Kier alpha value is -2.91. The van der Waals surface area contributed by atoms with Crippen LogP contribution in [0.2, 0.25) is 0 Å². The summed E-state index contributed by atoms with van der Waals surface area (Å²) in [5, 5.41) is 29.8. The number of nitrogens with zero attached hydrogens (tertiary/aromatic N) is 1. The Morgan fingerprint density at radius 1 is 1.06 bits per heavy atom. The van der Waals surface area contributed by atoms with Crippen LogP contribution in [0.25, 0.3) is 0 Å². The van der Waals surface area contributed by atoms with Gasteiger partial charge in [0, 0.05) is 37.7 Å². The van der Waals surface area contributed by atoms with Crippen molar-refractivity contribution in [1.82, 2.24) is 15.6 Å². The zero-order chi connectivity index (χ0) is 23.9. The summed E-state index contributed by atoms with van der Waals surface area (Å²) in [7, 11) is 0. The highest BCUT2D eigenvalue weighted by atomic mass is 16.4. The summed E-state index contributed by atoms with van der Waals surface area (Å²) < 4.78 is 0. The fourth-order valence-electron chi connectivity index (χ4n) is 5.17. The van der Waals surface area contributed by atoms with Gasteiger partial charge in [-0.2, -0.15) is 0 Å². The summed E-state index contributed by atoms with van der Waals surface area (Å²) in [6.07, 6.45) is 7.07. The van der Waals surface area contributed by atoms with Crippen LogP contribution >= 0.6 is 0 Å². The molecule has 0 bridgehead atoms. The van der Waals surface area contributed by atoms with E-state index in [0.29, 0.717) is 30.4 Å². The van der Waals surface area contributed by atoms with Crippen LogP contribution in [0.5, 0.6) is 0 Å². The number of aromatic carboxylic acids is 1. The van der Waals surface area contributed by atoms with Crippen molar-refractivity contribution in [2.45, 2.75) is 56.8 Å². The van der Waals surface area contributed by atoms with Gasteiger partial charge in [-0.15, -0.1) is 0 Å². The third-order valence-electron chi connectivity index (χ3n) is 7.02. The van der Waals surface area contributed by atoms with E-state index in [-0.39, 0.29) is 23.7 Å². The normalized spacial score (nSPS) is 22.0. The van der Waals surface area contributed by atoms with Gasteiger partial charge in [0.05, 0.1) is 5.56 Å². The highest BCUT2D eigenvalue weighted by molar-refractivity contribution is 6.52. The van der Waals surface area contributed by atoms with Gasteiger partial charge in [0.15, 0.2) is 0 Å². The van der Waals surface area contributed by atoms with Crippen molar-refractivity contribution in [2.75, 3.05) is 18.4 Å². The van der Waals surface area contributed by atoms with Crippen LogP contribution in [-0.4, -0.2) is 59.0 Å². The van der Waals surface area contributed by atoms with E-state index in [1.54, 1.807) is 18.3 Å². The van der Waals surface area contributed by atoms with Gasteiger partial charge >= 0.3 is 12.9 Å². The summed E-state index contributed by atoms with van der Waals surface area (Å²) >= 11 is 0. The monoisotopic (exact) mass is 464 g/mol. The first kappa shape index (κ1) is 24.2. The second-order valence-electron chi connectivity index (χ2n) is 9.42. The van der Waals surface area contributed by atoms with Gasteiger partial charge in [-0.25, -0.2) is 9.78 Å². The van der Waals surface area contributed by atoms with Gasteiger partial charge in [-0.3, -0.25) is 4.79 Å². The number of benzene rings is 1. The van der Waals surface area contributed by atoms with Crippen LogP contribution in [0.1, 0.15) is 53.6 Å². The molecular formula is C25H33BN4O4. The number of carboxylic acid groups (broad SMARTS) is 1. The number of fused-ring (bicyclic) bond motifs is 1. The lowest BCUT2D eigenvalue weighted by Crippen LogP contribution is -2.52. The van der Waals surface area contributed by atoms with E-state index in [4.69, 9.17) is 0 Å². The standard InChI is InChI=1S/C25H33BN4O4/c31-24(30-22-15-18-4-3-5-20(25(32)33)21(18)16-26(22)34)14-17-7-9-19(10-8-17)27-12-13-29-23-6-1-2-11-28-23/h1-6,11,17,19,22,27,34H,7-10,12-16H2,(H,28,29)(H,30,31)(H,32,33)/t17?,19?,22-/m0/s1. The molecule has 1 aromatic carbocycles. The number of aromatic nitrogens is 1. The Morgan fingerprint density at radius 3 is 2.62 bits per heavy atom. The minimum Gasteiger partial charge on any atom is -0.478 e. The van der Waals surface area contributed by atoms with E-state index in [1.807, 2.05) is 24.3 Å². The zero-order valence-electron chi connectivity index (χ0n) is 19.4. The number of amides is 1. The first-order chi connectivity index (χ1) is 16.5. The van der Waals surface area contributed by atoms with Crippen molar-refractivity contribution in [3.8, 4) is 0 Å². The van der Waals surface area contributed by atoms with Crippen LogP contribution in [0.15, 0.2) is 42.6 Å². The smallest absolute Gasteiger partial charge is 0.335 e. The quantitative estimate of drug-likeness (QED) is 0.284. The van der Waals surface area contributed by atoms with Gasteiger partial charge in [0.1, 0.15) is 5.82 Å². The van der Waals surface area contributed by atoms with Gasteiger partial charge in [-0.1, -0.05) is 18.2 Å². The number of rotatable bonds is 9. The van der Waals surface area contributed by atoms with Crippen molar-refractivity contribution >= 4 is 24.6 Å². The molecule has 8 nitrogen and oxygen atoms in total. The number of pyridine rings is 1. The Kier molecular flexibility index (Phi) is 8.18. The Labute approximate surface area is 200 Å². The largest absolute Gasteiger partial charge is 0.478 e. The van der Waals surface area contributed by atoms with Gasteiger partial charge in [-0.05, 0) is 73.7 Å². The maximum absolute atomic E-state index is 12.7. The molecule has 4 rings (SSSR count). The van der Waals surface area contributed by atoms with Gasteiger partial charge in [0.25, 0.3) is 0 Å². The Bertz CT molecular complexity index is 982. The van der Waals surface area contributed by atoms with Crippen molar-refractivity contribution in [3.05, 3.63) is 59.3 Å². The minimum absolute atomic E-state index is 0.0298. The fraction of sp³-hybridized carbons (Fsp3) is 0.480. The molecule has 5 N–H and O–H groups in total. The van der Waals surface area contributed by atoms with Crippen LogP contribution in [0.4, 0.5) is 5.82 Å². The topological polar surface area (TPSA) is 124 Å². The minimum atomic E-state index is -0.985. The number of carboxylic acids is 1. The van der Waals surface area contributed by atoms with Crippen molar-refractivity contribution in [3.63, 3.8) is 0 Å². The van der Waals surface area contributed by atoms with E-state index in [1.165, 1.54) is 0 Å². The highest BCUT2D eigenvalue weighted by Crippen LogP contribution is 2.28. The zero-order valence-corrected chi connectivity index (χ0v) is 19.4. The van der Waals surface area contributed by atoms with Crippen LogP contribution in [0, 0.1) is 5.92 Å². The number of carbonyl (C=O) groups excluding carboxylic acids is 1. The molecule has 34 heavy (non-hydrogen) atoms. The summed E-state index contributed by atoms with van der Waals surface area (Å²) in [5.74, 6) is -0.156. The van der Waals surface area contributed by atoms with E-state index < -0.39 is 12.9 Å². The van der Waals surface area contributed by atoms with Crippen molar-refractivity contribution in [1.29, 1.82) is 0 Å². The Morgan fingerprint density at radius 2 is 1.88 bits per heavy atom. The first-order valence-corrected chi connectivity index (χ1v) is 12.2. The van der Waals surface area contributed by atoms with Gasteiger partial charge in [0.2, 0.25) is 5.91 Å². The summed E-state index contributed by atoms with van der Waals surface area (Å²) in [6, 6.07) is 11.5. The lowest BCUT2D eigenvalue weighted by molar-refractivity contribution is -0.122. The van der Waals surface area contributed by atoms with Gasteiger partial charge < -0.3 is 26.1 Å². The number of carbonyl (C=O) groups is 2. The molecule has 0 saturated heterocycles. The average molecular weight is 464 g/mol. The molecule has 2 aromatic rings. The molecule has 1 saturated carbocycles. The van der Waals surface area contributed by atoms with E-state index in [2.05, 4.69) is 20.9 Å². The first-order valence-electron chi connectivity index (χ1n) is 12.2. The number of nitrogens with one attached hydrogen (secondary N) is 3. The maximum Gasteiger partial charge on any atom is 0.335 e. The molecular weight excluding hydrogens is 431 g/mol. The molecule has 2 aliphatic rings. The van der Waals surface area contributed by atoms with Crippen LogP contribution in [0.3, 0.4) is 0 Å². The molecule has 0 unspecified atom stereocenters. The summed E-state index contributed by atoms with van der Waals surface area (Å²) in [4.78, 5) is 28.4. The second kappa shape index (κ2) is 11.5. The molecule has 0 radical (unpaired) electrons. The lowest BCUT2D eigenvalue weighted by Gasteiger charge is -2.31. The molecule has 1 amide bonds. The van der Waals surface area contributed by atoms with E-state index in [9.17, 15) is 19.7 Å². The molecule has 0 spiro atoms. The predicted molar refractivity (Wildman–Crippen MR) is 132 cm³/mol. The van der Waals surface area contributed by atoms with Crippen molar-refractivity contribution in [2.24, 2.45) is 5.92 Å². The highest BCUT2D eigenvalue weighted by Gasteiger charge is 2.34. The Balaban J connectivity index is 1.17. The molecule has 9 heteroatoms. The maximum atomic E-state index is 12.7. The average Bonchev–Trinajstić information content (AvgIpc) is 2.83. The molecule has 1 atom stereocenters. The second-order valence-corrected chi connectivity index (χ2v) is 9.42. The third kappa shape index (κ3) is 6.36. The molecule has 180 valence electrons. The predicted octanol–water partition coefficient (Wildman–Crippen LogP) is 2.08. The molecule has 2 heterocycles. The van der Waals surface area contributed by atoms with Crippen LogP contribution in [-0.2, 0) is 17.5 Å². The number of anilines is 1. The van der Waals surface area contributed by atoms with Crippen molar-refractivity contribution < 1.29 is 19.7 Å². The fourth-order valence-corrected chi connectivity index (χ4v) is 5.17.